The molecule has 0 radical (unpaired) electrons. The van der Waals surface area contributed by atoms with Gasteiger partial charge in [0.05, 0.1) is 13.2 Å². The van der Waals surface area contributed by atoms with Gasteiger partial charge in [0.15, 0.2) is 0 Å². The van der Waals surface area contributed by atoms with E-state index in [4.69, 9.17) is 9.47 Å². The highest BCUT2D eigenvalue weighted by Crippen LogP contribution is 2.18. The maximum Gasteiger partial charge on any atom is 0.471 e. The first-order valence-electron chi connectivity index (χ1n) is 5.53. The van der Waals surface area contributed by atoms with Crippen molar-refractivity contribution >= 4 is 5.91 Å². The molecular formula is C10H16F3NO3. The van der Waals surface area contributed by atoms with E-state index in [9.17, 15) is 18.0 Å². The lowest BCUT2D eigenvalue weighted by atomic mass is 10.3. The van der Waals surface area contributed by atoms with E-state index in [2.05, 4.69) is 0 Å². The van der Waals surface area contributed by atoms with Gasteiger partial charge in [0.25, 0.3) is 0 Å². The van der Waals surface area contributed by atoms with Crippen LogP contribution in [0.3, 0.4) is 0 Å². The van der Waals surface area contributed by atoms with Gasteiger partial charge >= 0.3 is 12.1 Å². The van der Waals surface area contributed by atoms with E-state index in [1.807, 2.05) is 0 Å². The standard InChI is InChI=1S/C10H16F3NO3/c11-10(12,13)9(15)14-3-1-5-16-7-8-17-6-2-4-14/h1-8H2. The molecule has 1 heterocycles. The maximum atomic E-state index is 12.3. The van der Waals surface area contributed by atoms with E-state index in [0.29, 0.717) is 39.3 Å². The van der Waals surface area contributed by atoms with Gasteiger partial charge in [0, 0.05) is 26.3 Å². The molecule has 1 aliphatic rings. The van der Waals surface area contributed by atoms with Crippen LogP contribution in [0.2, 0.25) is 0 Å². The summed E-state index contributed by atoms with van der Waals surface area (Å²) in [5.41, 5.74) is 0. The second-order valence-corrected chi connectivity index (χ2v) is 3.72. The summed E-state index contributed by atoms with van der Waals surface area (Å²) in [5.74, 6) is -1.78. The van der Waals surface area contributed by atoms with Crippen LogP contribution in [0.25, 0.3) is 0 Å². The molecule has 7 heteroatoms. The first kappa shape index (κ1) is 14.2. The number of carbonyl (C=O) groups is 1. The van der Waals surface area contributed by atoms with Gasteiger partial charge in [-0.25, -0.2) is 0 Å². The van der Waals surface area contributed by atoms with Gasteiger partial charge in [0.2, 0.25) is 0 Å². The fraction of sp³-hybridized carbons (Fsp3) is 0.900. The largest absolute Gasteiger partial charge is 0.471 e. The van der Waals surface area contributed by atoms with Crippen LogP contribution in [0.15, 0.2) is 0 Å². The van der Waals surface area contributed by atoms with E-state index < -0.39 is 12.1 Å². The zero-order valence-electron chi connectivity index (χ0n) is 9.46. The third-order valence-corrected chi connectivity index (χ3v) is 2.34. The fourth-order valence-corrected chi connectivity index (χ4v) is 1.53. The smallest absolute Gasteiger partial charge is 0.379 e. The molecule has 0 N–H and O–H groups in total. The van der Waals surface area contributed by atoms with Crippen LogP contribution in [0.4, 0.5) is 13.2 Å². The van der Waals surface area contributed by atoms with Crippen molar-refractivity contribution in [3.63, 3.8) is 0 Å². The number of rotatable bonds is 0. The number of alkyl halides is 3. The Bertz CT molecular complexity index is 233. The van der Waals surface area contributed by atoms with Gasteiger partial charge in [-0.05, 0) is 12.8 Å². The summed E-state index contributed by atoms with van der Waals surface area (Å²) in [6.45, 7) is 1.69. The Labute approximate surface area is 97.7 Å². The van der Waals surface area contributed by atoms with E-state index in [-0.39, 0.29) is 13.1 Å². The molecule has 0 spiro atoms. The third-order valence-electron chi connectivity index (χ3n) is 2.34. The monoisotopic (exact) mass is 255 g/mol. The lowest BCUT2D eigenvalue weighted by molar-refractivity contribution is -0.185. The van der Waals surface area contributed by atoms with Crippen LogP contribution in [-0.4, -0.2) is 56.5 Å². The van der Waals surface area contributed by atoms with Crippen LogP contribution in [0.1, 0.15) is 12.8 Å². The molecule has 1 fully saturated rings. The Morgan fingerprint density at radius 3 is 1.82 bits per heavy atom. The quantitative estimate of drug-likeness (QED) is 0.653. The summed E-state index contributed by atoms with van der Waals surface area (Å²) in [4.78, 5) is 11.9. The Morgan fingerprint density at radius 1 is 0.941 bits per heavy atom. The molecule has 0 saturated carbocycles. The van der Waals surface area contributed by atoms with Crippen molar-refractivity contribution in [2.75, 3.05) is 39.5 Å². The van der Waals surface area contributed by atoms with Gasteiger partial charge < -0.3 is 14.4 Å². The topological polar surface area (TPSA) is 38.8 Å². The molecule has 1 saturated heterocycles. The van der Waals surface area contributed by atoms with Crippen molar-refractivity contribution in [1.82, 2.24) is 4.90 Å². The predicted octanol–water partition coefficient (Wildman–Crippen LogP) is 1.20. The molecule has 1 aliphatic heterocycles. The summed E-state index contributed by atoms with van der Waals surface area (Å²) < 4.78 is 47.1. The number of ether oxygens (including phenoxy) is 2. The molecule has 0 atom stereocenters. The minimum absolute atomic E-state index is 0.0678. The van der Waals surface area contributed by atoms with Gasteiger partial charge in [-0.2, -0.15) is 13.2 Å². The molecule has 100 valence electrons. The first-order chi connectivity index (χ1) is 8.02. The lowest BCUT2D eigenvalue weighted by Gasteiger charge is -2.23. The normalized spacial score (nSPS) is 20.8. The van der Waals surface area contributed by atoms with Gasteiger partial charge in [0.1, 0.15) is 0 Å². The minimum Gasteiger partial charge on any atom is -0.379 e. The molecule has 0 aliphatic carbocycles. The Hall–Kier alpha value is -0.820. The minimum atomic E-state index is -4.80. The lowest BCUT2D eigenvalue weighted by Crippen LogP contribution is -2.42. The second kappa shape index (κ2) is 6.80. The molecule has 0 bridgehead atoms. The molecule has 0 aromatic carbocycles. The molecule has 0 aromatic rings. The van der Waals surface area contributed by atoms with Crippen molar-refractivity contribution in [3.05, 3.63) is 0 Å². The van der Waals surface area contributed by atoms with E-state index in [0.717, 1.165) is 4.90 Å². The van der Waals surface area contributed by atoms with Crippen LogP contribution >= 0.6 is 0 Å². The van der Waals surface area contributed by atoms with E-state index in [1.54, 1.807) is 0 Å². The molecule has 4 nitrogen and oxygen atoms in total. The van der Waals surface area contributed by atoms with Crippen LogP contribution in [0, 0.1) is 0 Å². The molecule has 1 amide bonds. The Balaban J connectivity index is 2.51. The summed E-state index contributed by atoms with van der Waals surface area (Å²) in [6, 6.07) is 0. The van der Waals surface area contributed by atoms with Crippen LogP contribution in [-0.2, 0) is 14.3 Å². The molecule has 0 aromatic heterocycles. The summed E-state index contributed by atoms with van der Waals surface area (Å²) in [6.07, 6.45) is -3.99. The number of amides is 1. The van der Waals surface area contributed by atoms with Crippen molar-refractivity contribution in [2.45, 2.75) is 19.0 Å². The Morgan fingerprint density at radius 2 is 1.41 bits per heavy atom. The molecule has 0 unspecified atom stereocenters. The molecule has 1 rings (SSSR count). The van der Waals surface area contributed by atoms with Gasteiger partial charge in [-0.15, -0.1) is 0 Å². The molecule has 17 heavy (non-hydrogen) atoms. The number of hydrogen-bond acceptors (Lipinski definition) is 3. The number of carbonyl (C=O) groups excluding carboxylic acids is 1. The van der Waals surface area contributed by atoms with Crippen LogP contribution < -0.4 is 0 Å². The zero-order chi connectivity index (χ0) is 12.7. The number of halogens is 3. The van der Waals surface area contributed by atoms with Crippen molar-refractivity contribution in [1.29, 1.82) is 0 Å². The molecular weight excluding hydrogens is 239 g/mol. The van der Waals surface area contributed by atoms with Gasteiger partial charge in [-0.3, -0.25) is 4.79 Å². The third kappa shape index (κ3) is 5.36. The SMILES string of the molecule is O=C(N1CCCOCCOCCC1)C(F)(F)F. The first-order valence-corrected chi connectivity index (χ1v) is 5.53. The average molecular weight is 255 g/mol. The van der Waals surface area contributed by atoms with E-state index in [1.165, 1.54) is 0 Å². The highest BCUT2D eigenvalue weighted by molar-refractivity contribution is 5.81. The summed E-state index contributed by atoms with van der Waals surface area (Å²) in [5, 5.41) is 0. The van der Waals surface area contributed by atoms with Crippen molar-refractivity contribution in [3.8, 4) is 0 Å². The summed E-state index contributed by atoms with van der Waals surface area (Å²) in [7, 11) is 0. The predicted molar refractivity (Wildman–Crippen MR) is 53.5 cm³/mol. The van der Waals surface area contributed by atoms with Gasteiger partial charge in [-0.1, -0.05) is 0 Å². The Kier molecular flexibility index (Phi) is 5.70. The van der Waals surface area contributed by atoms with Crippen molar-refractivity contribution in [2.24, 2.45) is 0 Å². The number of hydrogen-bond donors (Lipinski definition) is 0. The maximum absolute atomic E-state index is 12.3. The number of nitrogens with zero attached hydrogens (tertiary/aromatic N) is 1. The highest BCUT2D eigenvalue weighted by atomic mass is 19.4. The highest BCUT2D eigenvalue weighted by Gasteiger charge is 2.42. The van der Waals surface area contributed by atoms with Crippen molar-refractivity contribution < 1.29 is 27.4 Å². The van der Waals surface area contributed by atoms with Crippen LogP contribution in [0.5, 0.6) is 0 Å². The zero-order valence-corrected chi connectivity index (χ0v) is 9.46. The van der Waals surface area contributed by atoms with E-state index >= 15 is 0 Å². The second-order valence-electron chi connectivity index (χ2n) is 3.72. The average Bonchev–Trinajstić information content (AvgIpc) is 2.31. The fourth-order valence-electron chi connectivity index (χ4n) is 1.53. The summed E-state index contributed by atoms with van der Waals surface area (Å²) >= 11 is 0.